The van der Waals surface area contributed by atoms with Gasteiger partial charge in [-0.2, -0.15) is 13.2 Å². The SMILES string of the molecule is C[C@H]1CC(O)(c2ccc(C(F)(F)F)cc2)C[C@@H](c2cn(CC(C)(C)O)nn2)N1. The van der Waals surface area contributed by atoms with Gasteiger partial charge in [-0.15, -0.1) is 5.10 Å². The van der Waals surface area contributed by atoms with E-state index in [1.165, 1.54) is 16.8 Å². The molecule has 0 bridgehead atoms. The first-order valence-corrected chi connectivity index (χ1v) is 9.14. The van der Waals surface area contributed by atoms with E-state index in [0.717, 1.165) is 12.1 Å². The molecule has 1 saturated heterocycles. The van der Waals surface area contributed by atoms with E-state index in [0.29, 0.717) is 17.7 Å². The maximum Gasteiger partial charge on any atom is 0.416 e. The molecule has 3 rings (SSSR count). The lowest BCUT2D eigenvalue weighted by atomic mass is 9.78. The molecular formula is C19H25F3N4O2. The number of aromatic nitrogens is 3. The zero-order valence-corrected chi connectivity index (χ0v) is 16.0. The number of rotatable bonds is 4. The van der Waals surface area contributed by atoms with Gasteiger partial charge in [-0.1, -0.05) is 17.3 Å². The monoisotopic (exact) mass is 398 g/mol. The van der Waals surface area contributed by atoms with Crippen LogP contribution >= 0.6 is 0 Å². The zero-order valence-electron chi connectivity index (χ0n) is 16.0. The largest absolute Gasteiger partial charge is 0.416 e. The van der Waals surface area contributed by atoms with E-state index in [9.17, 15) is 23.4 Å². The molecule has 0 aliphatic carbocycles. The van der Waals surface area contributed by atoms with Crippen molar-refractivity contribution in [2.24, 2.45) is 0 Å². The molecular weight excluding hydrogens is 373 g/mol. The van der Waals surface area contributed by atoms with E-state index < -0.39 is 22.9 Å². The van der Waals surface area contributed by atoms with Crippen LogP contribution in [0.2, 0.25) is 0 Å². The van der Waals surface area contributed by atoms with Crippen LogP contribution in [0.4, 0.5) is 13.2 Å². The number of aliphatic hydroxyl groups is 2. The fourth-order valence-electron chi connectivity index (χ4n) is 3.73. The Morgan fingerprint density at radius 3 is 2.43 bits per heavy atom. The van der Waals surface area contributed by atoms with Crippen molar-refractivity contribution in [3.63, 3.8) is 0 Å². The second-order valence-corrected chi connectivity index (χ2v) is 8.29. The highest BCUT2D eigenvalue weighted by Gasteiger charge is 2.41. The van der Waals surface area contributed by atoms with Crippen LogP contribution in [-0.2, 0) is 18.3 Å². The third kappa shape index (κ3) is 4.71. The Bertz CT molecular complexity index is 814. The summed E-state index contributed by atoms with van der Waals surface area (Å²) in [5.41, 5.74) is -1.91. The second-order valence-electron chi connectivity index (χ2n) is 8.29. The van der Waals surface area contributed by atoms with Crippen LogP contribution in [-0.4, -0.2) is 36.8 Å². The highest BCUT2D eigenvalue weighted by atomic mass is 19.4. The van der Waals surface area contributed by atoms with Crippen molar-refractivity contribution >= 4 is 0 Å². The smallest absolute Gasteiger partial charge is 0.389 e. The summed E-state index contributed by atoms with van der Waals surface area (Å²) in [7, 11) is 0. The zero-order chi connectivity index (χ0) is 20.7. The average Bonchev–Trinajstić information content (AvgIpc) is 3.00. The number of alkyl halides is 3. The standard InChI is InChI=1S/C19H25F3N4O2/c1-12-8-18(28,13-4-6-14(7-5-13)19(20,21)22)9-15(23-12)16-10-26(25-24-16)11-17(2,3)27/h4-7,10,12,15,23,27-28H,8-9,11H2,1-3H3/t12-,15-,18?/m0/s1. The average molecular weight is 398 g/mol. The van der Waals surface area contributed by atoms with E-state index in [1.54, 1.807) is 20.0 Å². The molecule has 1 aliphatic rings. The summed E-state index contributed by atoms with van der Waals surface area (Å²) in [4.78, 5) is 0. The van der Waals surface area contributed by atoms with E-state index in [-0.39, 0.29) is 25.0 Å². The summed E-state index contributed by atoms with van der Waals surface area (Å²) in [6, 6.07) is 4.27. The molecule has 0 spiro atoms. The van der Waals surface area contributed by atoms with Gasteiger partial charge < -0.3 is 15.5 Å². The van der Waals surface area contributed by atoms with Crippen LogP contribution in [0.1, 0.15) is 56.5 Å². The van der Waals surface area contributed by atoms with Crippen molar-refractivity contribution in [3.05, 3.63) is 47.3 Å². The van der Waals surface area contributed by atoms with Crippen molar-refractivity contribution in [2.45, 2.75) is 69.6 Å². The lowest BCUT2D eigenvalue weighted by molar-refractivity contribution is -0.137. The molecule has 2 heterocycles. The van der Waals surface area contributed by atoms with Crippen LogP contribution in [0.3, 0.4) is 0 Å². The van der Waals surface area contributed by atoms with E-state index in [4.69, 9.17) is 0 Å². The molecule has 0 amide bonds. The van der Waals surface area contributed by atoms with Crippen molar-refractivity contribution < 1.29 is 23.4 Å². The fourth-order valence-corrected chi connectivity index (χ4v) is 3.73. The highest BCUT2D eigenvalue weighted by Crippen LogP contribution is 2.40. The summed E-state index contributed by atoms with van der Waals surface area (Å²) in [5, 5.41) is 32.7. The topological polar surface area (TPSA) is 83.2 Å². The van der Waals surface area contributed by atoms with Gasteiger partial charge in [-0.25, -0.2) is 4.68 Å². The Hall–Kier alpha value is -1.97. The quantitative estimate of drug-likeness (QED) is 0.738. The normalized spacial score (nSPS) is 26.4. The number of piperidine rings is 1. The first-order valence-electron chi connectivity index (χ1n) is 9.14. The first-order chi connectivity index (χ1) is 12.9. The molecule has 1 aromatic carbocycles. The molecule has 28 heavy (non-hydrogen) atoms. The fraction of sp³-hybridized carbons (Fsp3) is 0.579. The number of nitrogens with one attached hydrogen (secondary N) is 1. The molecule has 3 atom stereocenters. The van der Waals surface area contributed by atoms with Crippen LogP contribution in [0.15, 0.2) is 30.5 Å². The van der Waals surface area contributed by atoms with Gasteiger partial charge in [0.2, 0.25) is 0 Å². The van der Waals surface area contributed by atoms with Gasteiger partial charge in [0.25, 0.3) is 0 Å². The van der Waals surface area contributed by atoms with Crippen molar-refractivity contribution in [1.82, 2.24) is 20.3 Å². The number of hydrogen-bond acceptors (Lipinski definition) is 5. The van der Waals surface area contributed by atoms with Crippen LogP contribution in [0.5, 0.6) is 0 Å². The first kappa shape index (κ1) is 20.8. The summed E-state index contributed by atoms with van der Waals surface area (Å²) in [5.74, 6) is 0. The Labute approximate surface area is 161 Å². The maximum absolute atomic E-state index is 12.8. The molecule has 0 radical (unpaired) electrons. The lowest BCUT2D eigenvalue weighted by Gasteiger charge is -2.40. The molecule has 1 aliphatic heterocycles. The number of benzene rings is 1. The number of halogens is 3. The van der Waals surface area contributed by atoms with Gasteiger partial charge in [-0.3, -0.25) is 0 Å². The van der Waals surface area contributed by atoms with Crippen LogP contribution in [0, 0.1) is 0 Å². The minimum absolute atomic E-state index is 0.0783. The van der Waals surface area contributed by atoms with E-state index >= 15 is 0 Å². The van der Waals surface area contributed by atoms with Gasteiger partial charge in [0.05, 0.1) is 41.2 Å². The number of hydrogen-bond donors (Lipinski definition) is 3. The third-order valence-electron chi connectivity index (χ3n) is 4.88. The number of nitrogens with zero attached hydrogens (tertiary/aromatic N) is 3. The second kappa shape index (κ2) is 7.13. The van der Waals surface area contributed by atoms with E-state index in [1.807, 2.05) is 6.92 Å². The van der Waals surface area contributed by atoms with Gasteiger partial charge in [0, 0.05) is 12.5 Å². The van der Waals surface area contributed by atoms with Crippen LogP contribution < -0.4 is 5.32 Å². The summed E-state index contributed by atoms with van der Waals surface area (Å²) in [6.07, 6.45) is -2.08. The molecule has 6 nitrogen and oxygen atoms in total. The Morgan fingerprint density at radius 2 is 1.86 bits per heavy atom. The Kier molecular flexibility index (Phi) is 5.28. The van der Waals surface area contributed by atoms with Crippen molar-refractivity contribution in [1.29, 1.82) is 0 Å². The molecule has 9 heteroatoms. The predicted molar refractivity (Wildman–Crippen MR) is 96.2 cm³/mol. The van der Waals surface area contributed by atoms with Gasteiger partial charge in [0.15, 0.2) is 0 Å². The summed E-state index contributed by atoms with van der Waals surface area (Å²) in [6.45, 7) is 5.51. The molecule has 3 N–H and O–H groups in total. The maximum atomic E-state index is 12.8. The van der Waals surface area contributed by atoms with E-state index in [2.05, 4.69) is 15.6 Å². The molecule has 0 saturated carbocycles. The Balaban J connectivity index is 1.82. The third-order valence-corrected chi connectivity index (χ3v) is 4.88. The predicted octanol–water partition coefficient (Wildman–Crippen LogP) is 2.77. The minimum atomic E-state index is -4.41. The molecule has 1 aromatic heterocycles. The molecule has 154 valence electrons. The van der Waals surface area contributed by atoms with Gasteiger partial charge in [-0.05, 0) is 44.9 Å². The van der Waals surface area contributed by atoms with Crippen molar-refractivity contribution in [2.75, 3.05) is 0 Å². The molecule has 1 fully saturated rings. The van der Waals surface area contributed by atoms with Gasteiger partial charge in [0.1, 0.15) is 0 Å². The van der Waals surface area contributed by atoms with Crippen molar-refractivity contribution in [3.8, 4) is 0 Å². The summed E-state index contributed by atoms with van der Waals surface area (Å²) < 4.78 is 40.0. The minimum Gasteiger partial charge on any atom is -0.389 e. The Morgan fingerprint density at radius 1 is 1.21 bits per heavy atom. The van der Waals surface area contributed by atoms with Gasteiger partial charge >= 0.3 is 6.18 Å². The molecule has 1 unspecified atom stereocenters. The lowest BCUT2D eigenvalue weighted by Crippen LogP contribution is -2.47. The summed E-state index contributed by atoms with van der Waals surface area (Å²) >= 11 is 0. The molecule has 2 aromatic rings. The highest BCUT2D eigenvalue weighted by molar-refractivity contribution is 5.30. The van der Waals surface area contributed by atoms with Crippen LogP contribution in [0.25, 0.3) is 0 Å².